The Bertz CT molecular complexity index is 310. The number of halogens is 2. The van der Waals surface area contributed by atoms with Gasteiger partial charge in [0.05, 0.1) is 10.6 Å². The van der Waals surface area contributed by atoms with Crippen LogP contribution in [-0.2, 0) is 5.60 Å². The molecule has 0 spiro atoms. The fraction of sp³-hybridized carbons (Fsp3) is 0.400. The van der Waals surface area contributed by atoms with Crippen molar-refractivity contribution in [3.63, 3.8) is 0 Å². The molecule has 0 heterocycles. The molecular weight excluding hydrogens is 191 g/mol. The van der Waals surface area contributed by atoms with Crippen LogP contribution in [0.3, 0.4) is 0 Å². The summed E-state index contributed by atoms with van der Waals surface area (Å²) in [4.78, 5) is 0. The zero-order valence-corrected chi connectivity index (χ0v) is 8.40. The van der Waals surface area contributed by atoms with Gasteiger partial charge in [0, 0.05) is 0 Å². The van der Waals surface area contributed by atoms with Crippen molar-refractivity contribution in [3.8, 4) is 0 Å². The summed E-state index contributed by atoms with van der Waals surface area (Å²) < 4.78 is 13.0. The number of rotatable bonds is 2. The molecule has 0 unspecified atom stereocenters. The molecule has 0 fully saturated rings. The van der Waals surface area contributed by atoms with Gasteiger partial charge in [0.25, 0.3) is 0 Å². The minimum Gasteiger partial charge on any atom is -0.385 e. The Morgan fingerprint density at radius 3 is 2.62 bits per heavy atom. The third-order valence-electron chi connectivity index (χ3n) is 2.23. The van der Waals surface area contributed by atoms with Gasteiger partial charge in [-0.15, -0.1) is 0 Å². The van der Waals surface area contributed by atoms with E-state index in [9.17, 15) is 9.50 Å². The molecule has 0 amide bonds. The van der Waals surface area contributed by atoms with Crippen LogP contribution >= 0.6 is 11.6 Å². The lowest BCUT2D eigenvalue weighted by Crippen LogP contribution is -2.19. The highest BCUT2D eigenvalue weighted by Crippen LogP contribution is 2.26. The zero-order chi connectivity index (χ0) is 10.1. The average molecular weight is 203 g/mol. The summed E-state index contributed by atoms with van der Waals surface area (Å²) in [6, 6.07) is 4.36. The van der Waals surface area contributed by atoms with Crippen molar-refractivity contribution >= 4 is 11.6 Å². The van der Waals surface area contributed by atoms with Gasteiger partial charge in [-0.2, -0.15) is 0 Å². The first-order valence-electron chi connectivity index (χ1n) is 4.15. The second kappa shape index (κ2) is 3.64. The van der Waals surface area contributed by atoms with Gasteiger partial charge in [-0.3, -0.25) is 0 Å². The second-order valence-corrected chi connectivity index (χ2v) is 3.66. The second-order valence-electron chi connectivity index (χ2n) is 3.26. The van der Waals surface area contributed by atoms with Crippen molar-refractivity contribution in [2.45, 2.75) is 25.9 Å². The standard InChI is InChI=1S/C10H12ClFO/c1-3-10(2,13)7-4-5-8(11)9(12)6-7/h4-6,13H,3H2,1-2H3/t10-/m0/s1. The monoisotopic (exact) mass is 202 g/mol. The van der Waals surface area contributed by atoms with Crippen LogP contribution in [0.25, 0.3) is 0 Å². The fourth-order valence-electron chi connectivity index (χ4n) is 1.04. The highest BCUT2D eigenvalue weighted by molar-refractivity contribution is 6.30. The van der Waals surface area contributed by atoms with Gasteiger partial charge in [0.15, 0.2) is 0 Å². The Labute approximate surface area is 82.2 Å². The van der Waals surface area contributed by atoms with Crippen LogP contribution < -0.4 is 0 Å². The predicted molar refractivity (Wildman–Crippen MR) is 51.3 cm³/mol. The van der Waals surface area contributed by atoms with E-state index in [0.29, 0.717) is 12.0 Å². The van der Waals surface area contributed by atoms with E-state index in [-0.39, 0.29) is 5.02 Å². The van der Waals surface area contributed by atoms with E-state index in [0.717, 1.165) is 0 Å². The highest BCUT2D eigenvalue weighted by Gasteiger charge is 2.21. The molecule has 0 aliphatic carbocycles. The van der Waals surface area contributed by atoms with Crippen LogP contribution in [-0.4, -0.2) is 5.11 Å². The lowest BCUT2D eigenvalue weighted by molar-refractivity contribution is 0.0528. The molecule has 0 saturated carbocycles. The van der Waals surface area contributed by atoms with Gasteiger partial charge in [-0.25, -0.2) is 4.39 Å². The van der Waals surface area contributed by atoms with E-state index in [2.05, 4.69) is 0 Å². The third kappa shape index (κ3) is 2.20. The molecule has 0 aliphatic heterocycles. The van der Waals surface area contributed by atoms with E-state index in [1.807, 2.05) is 6.92 Å². The molecule has 1 N–H and O–H groups in total. The van der Waals surface area contributed by atoms with Crippen LogP contribution in [0.1, 0.15) is 25.8 Å². The van der Waals surface area contributed by atoms with Crippen molar-refractivity contribution in [3.05, 3.63) is 34.6 Å². The van der Waals surface area contributed by atoms with Crippen molar-refractivity contribution in [2.24, 2.45) is 0 Å². The molecule has 1 aromatic carbocycles. The number of hydrogen-bond donors (Lipinski definition) is 1. The van der Waals surface area contributed by atoms with E-state index in [1.165, 1.54) is 12.1 Å². The summed E-state index contributed by atoms with van der Waals surface area (Å²) in [6.45, 7) is 3.49. The number of aliphatic hydroxyl groups is 1. The zero-order valence-electron chi connectivity index (χ0n) is 7.64. The van der Waals surface area contributed by atoms with Gasteiger partial charge < -0.3 is 5.11 Å². The summed E-state index contributed by atoms with van der Waals surface area (Å²) in [7, 11) is 0. The smallest absolute Gasteiger partial charge is 0.142 e. The summed E-state index contributed by atoms with van der Waals surface area (Å²) in [5, 5.41) is 9.88. The molecule has 13 heavy (non-hydrogen) atoms. The minimum atomic E-state index is -0.981. The molecule has 3 heteroatoms. The Morgan fingerprint density at radius 2 is 2.15 bits per heavy atom. The summed E-state index contributed by atoms with van der Waals surface area (Å²) >= 11 is 5.52. The van der Waals surface area contributed by atoms with Gasteiger partial charge in [-0.05, 0) is 31.0 Å². The molecule has 1 atom stereocenters. The molecule has 1 rings (SSSR count). The van der Waals surface area contributed by atoms with Gasteiger partial charge in [0.1, 0.15) is 5.82 Å². The fourth-order valence-corrected chi connectivity index (χ4v) is 1.15. The first-order valence-corrected chi connectivity index (χ1v) is 4.53. The largest absolute Gasteiger partial charge is 0.385 e. The van der Waals surface area contributed by atoms with Crippen molar-refractivity contribution in [1.29, 1.82) is 0 Å². The lowest BCUT2D eigenvalue weighted by Gasteiger charge is -2.21. The van der Waals surface area contributed by atoms with Crippen LogP contribution in [0.15, 0.2) is 18.2 Å². The Balaban J connectivity index is 3.10. The van der Waals surface area contributed by atoms with Crippen LogP contribution in [0.5, 0.6) is 0 Å². The SMILES string of the molecule is CC[C@](C)(O)c1ccc(Cl)c(F)c1. The van der Waals surface area contributed by atoms with Crippen LogP contribution in [0.2, 0.25) is 5.02 Å². The molecule has 1 aromatic rings. The van der Waals surface area contributed by atoms with Crippen molar-refractivity contribution in [2.75, 3.05) is 0 Å². The average Bonchev–Trinajstić information content (AvgIpc) is 2.09. The topological polar surface area (TPSA) is 20.2 Å². The molecule has 0 bridgehead atoms. The molecule has 72 valence electrons. The summed E-state index contributed by atoms with van der Waals surface area (Å²) in [5.74, 6) is -0.493. The molecule has 1 nitrogen and oxygen atoms in total. The predicted octanol–water partition coefficient (Wildman–Crippen LogP) is 3.10. The number of hydrogen-bond acceptors (Lipinski definition) is 1. The summed E-state index contributed by atoms with van der Waals surface area (Å²) in [5.41, 5.74) is -0.428. The first-order chi connectivity index (χ1) is 5.97. The molecule has 0 radical (unpaired) electrons. The molecule has 0 aliphatic rings. The maximum Gasteiger partial charge on any atom is 0.142 e. The maximum absolute atomic E-state index is 13.0. The van der Waals surface area contributed by atoms with Crippen molar-refractivity contribution < 1.29 is 9.50 Å². The number of benzene rings is 1. The van der Waals surface area contributed by atoms with Gasteiger partial charge in [-0.1, -0.05) is 24.6 Å². The third-order valence-corrected chi connectivity index (χ3v) is 2.54. The Morgan fingerprint density at radius 1 is 1.54 bits per heavy atom. The molecular formula is C10H12ClFO. The quantitative estimate of drug-likeness (QED) is 0.782. The van der Waals surface area contributed by atoms with Crippen LogP contribution in [0.4, 0.5) is 4.39 Å². The normalized spacial score (nSPS) is 15.5. The lowest BCUT2D eigenvalue weighted by atomic mass is 9.93. The van der Waals surface area contributed by atoms with E-state index in [4.69, 9.17) is 11.6 Å². The van der Waals surface area contributed by atoms with Gasteiger partial charge >= 0.3 is 0 Å². The van der Waals surface area contributed by atoms with E-state index in [1.54, 1.807) is 13.0 Å². The van der Waals surface area contributed by atoms with E-state index < -0.39 is 11.4 Å². The van der Waals surface area contributed by atoms with E-state index >= 15 is 0 Å². The van der Waals surface area contributed by atoms with Crippen molar-refractivity contribution in [1.82, 2.24) is 0 Å². The molecule has 0 aromatic heterocycles. The highest BCUT2D eigenvalue weighted by atomic mass is 35.5. The first kappa shape index (κ1) is 10.5. The maximum atomic E-state index is 13.0. The Hall–Kier alpha value is -0.600. The minimum absolute atomic E-state index is 0.0793. The summed E-state index contributed by atoms with van der Waals surface area (Å²) in [6.07, 6.45) is 0.536. The molecule has 0 saturated heterocycles. The van der Waals surface area contributed by atoms with Gasteiger partial charge in [0.2, 0.25) is 0 Å². The Kier molecular flexibility index (Phi) is 2.94. The van der Waals surface area contributed by atoms with Crippen LogP contribution in [0, 0.1) is 5.82 Å².